The molecular formula is C18H25ClN2O5S. The van der Waals surface area contributed by atoms with Gasteiger partial charge in [0.05, 0.1) is 29.9 Å². The fraction of sp³-hybridized carbons (Fsp3) is 0.611. The third-order valence-corrected chi connectivity index (χ3v) is 6.77. The van der Waals surface area contributed by atoms with Crippen molar-refractivity contribution in [1.29, 1.82) is 0 Å². The highest BCUT2D eigenvalue weighted by atomic mass is 35.5. The molecule has 2 aliphatic heterocycles. The number of nitrogens with one attached hydrogen (secondary N) is 1. The zero-order valence-electron chi connectivity index (χ0n) is 15.5. The molecule has 2 heterocycles. The molecule has 0 aliphatic carbocycles. The third-order valence-electron chi connectivity index (χ3n) is 4.86. The van der Waals surface area contributed by atoms with E-state index in [1.165, 1.54) is 12.1 Å². The molecule has 0 aromatic heterocycles. The van der Waals surface area contributed by atoms with E-state index in [0.717, 1.165) is 12.8 Å². The minimum Gasteiger partial charge on any atom is -0.377 e. The summed E-state index contributed by atoms with van der Waals surface area (Å²) in [5, 5.41) is 0.0785. The van der Waals surface area contributed by atoms with E-state index in [1.54, 1.807) is 11.0 Å². The Bertz CT molecular complexity index is 795. The number of amides is 1. The van der Waals surface area contributed by atoms with Crippen molar-refractivity contribution in [2.45, 2.75) is 49.8 Å². The smallest absolute Gasteiger partial charge is 0.254 e. The van der Waals surface area contributed by atoms with Crippen molar-refractivity contribution >= 4 is 27.5 Å². The molecule has 3 rings (SSSR count). The number of rotatable bonds is 5. The van der Waals surface area contributed by atoms with Gasteiger partial charge in [-0.1, -0.05) is 11.6 Å². The first-order valence-electron chi connectivity index (χ1n) is 9.11. The topological polar surface area (TPSA) is 84.9 Å². The van der Waals surface area contributed by atoms with Gasteiger partial charge in [0.15, 0.2) is 0 Å². The number of ether oxygens (including phenoxy) is 2. The summed E-state index contributed by atoms with van der Waals surface area (Å²) in [6, 6.07) is 4.26. The van der Waals surface area contributed by atoms with Gasteiger partial charge in [0.1, 0.15) is 4.90 Å². The van der Waals surface area contributed by atoms with Gasteiger partial charge in [0.2, 0.25) is 10.0 Å². The first kappa shape index (κ1) is 20.5. The number of sulfonamides is 1. The van der Waals surface area contributed by atoms with Crippen LogP contribution in [0.25, 0.3) is 0 Å². The number of benzene rings is 1. The molecule has 2 aliphatic rings. The zero-order valence-corrected chi connectivity index (χ0v) is 17.1. The van der Waals surface area contributed by atoms with Gasteiger partial charge in [0, 0.05) is 25.3 Å². The standard InChI is InChI=1S/C18H25ClN2O5S/c1-12-11-26-13(2)10-21(12)18(22)14-5-6-16(19)17(8-14)27(23,24)20-9-15-4-3-7-25-15/h5-6,8,12-13,15,20H,3-4,7,9-11H2,1-2H3. The Morgan fingerprint density at radius 3 is 2.81 bits per heavy atom. The van der Waals surface area contributed by atoms with E-state index >= 15 is 0 Å². The Hall–Kier alpha value is -1.19. The van der Waals surface area contributed by atoms with Crippen LogP contribution in [0.4, 0.5) is 0 Å². The van der Waals surface area contributed by atoms with Crippen LogP contribution in [-0.2, 0) is 19.5 Å². The Morgan fingerprint density at radius 1 is 1.33 bits per heavy atom. The quantitative estimate of drug-likeness (QED) is 0.794. The number of nitrogens with zero attached hydrogens (tertiary/aromatic N) is 1. The number of hydrogen-bond acceptors (Lipinski definition) is 5. The van der Waals surface area contributed by atoms with Gasteiger partial charge >= 0.3 is 0 Å². The van der Waals surface area contributed by atoms with Gasteiger partial charge in [-0.15, -0.1) is 0 Å². The third kappa shape index (κ3) is 4.81. The summed E-state index contributed by atoms with van der Waals surface area (Å²) in [6.45, 7) is 5.55. The fourth-order valence-electron chi connectivity index (χ4n) is 3.28. The van der Waals surface area contributed by atoms with Crippen LogP contribution in [0.1, 0.15) is 37.0 Å². The maximum atomic E-state index is 12.9. The van der Waals surface area contributed by atoms with E-state index in [4.69, 9.17) is 21.1 Å². The van der Waals surface area contributed by atoms with Gasteiger partial charge < -0.3 is 14.4 Å². The molecule has 1 aromatic rings. The fourth-order valence-corrected chi connectivity index (χ4v) is 4.87. The van der Waals surface area contributed by atoms with Crippen molar-refractivity contribution < 1.29 is 22.7 Å². The van der Waals surface area contributed by atoms with Crippen LogP contribution in [0.3, 0.4) is 0 Å². The van der Waals surface area contributed by atoms with Crippen LogP contribution in [-0.4, -0.2) is 63.8 Å². The van der Waals surface area contributed by atoms with E-state index in [1.807, 2.05) is 13.8 Å². The Labute approximate surface area is 165 Å². The van der Waals surface area contributed by atoms with E-state index in [2.05, 4.69) is 4.72 Å². The summed E-state index contributed by atoms with van der Waals surface area (Å²) in [5.74, 6) is -0.232. The number of carbonyl (C=O) groups excluding carboxylic acids is 1. The molecule has 0 spiro atoms. The van der Waals surface area contributed by atoms with Gasteiger partial charge in [-0.05, 0) is 44.9 Å². The van der Waals surface area contributed by atoms with Crippen molar-refractivity contribution in [3.8, 4) is 0 Å². The molecule has 27 heavy (non-hydrogen) atoms. The minimum atomic E-state index is -3.85. The molecule has 3 atom stereocenters. The van der Waals surface area contributed by atoms with Crippen molar-refractivity contribution in [2.75, 3.05) is 26.3 Å². The van der Waals surface area contributed by atoms with Crippen LogP contribution in [0, 0.1) is 0 Å². The molecule has 0 radical (unpaired) electrons. The minimum absolute atomic E-state index is 0.0614. The zero-order chi connectivity index (χ0) is 19.6. The highest BCUT2D eigenvalue weighted by molar-refractivity contribution is 7.89. The summed E-state index contributed by atoms with van der Waals surface area (Å²) < 4.78 is 38.9. The molecule has 3 unspecified atom stereocenters. The molecule has 1 aromatic carbocycles. The number of halogens is 1. The predicted molar refractivity (Wildman–Crippen MR) is 102 cm³/mol. The van der Waals surface area contributed by atoms with Crippen LogP contribution in [0.2, 0.25) is 5.02 Å². The van der Waals surface area contributed by atoms with E-state index < -0.39 is 10.0 Å². The maximum Gasteiger partial charge on any atom is 0.254 e. The average Bonchev–Trinajstić information content (AvgIpc) is 3.15. The second-order valence-corrected chi connectivity index (χ2v) is 9.23. The molecular weight excluding hydrogens is 392 g/mol. The molecule has 2 saturated heterocycles. The van der Waals surface area contributed by atoms with Gasteiger partial charge in [-0.2, -0.15) is 0 Å². The predicted octanol–water partition coefficient (Wildman–Crippen LogP) is 2.05. The number of hydrogen-bond donors (Lipinski definition) is 1. The number of morpholine rings is 1. The summed E-state index contributed by atoms with van der Waals surface area (Å²) in [5.41, 5.74) is 0.290. The lowest BCUT2D eigenvalue weighted by molar-refractivity contribution is -0.0387. The van der Waals surface area contributed by atoms with Crippen LogP contribution >= 0.6 is 11.6 Å². The maximum absolute atomic E-state index is 12.9. The van der Waals surface area contributed by atoms with Gasteiger partial charge in [0.25, 0.3) is 5.91 Å². The normalized spacial score (nSPS) is 26.3. The highest BCUT2D eigenvalue weighted by Crippen LogP contribution is 2.25. The molecule has 0 bridgehead atoms. The van der Waals surface area contributed by atoms with E-state index in [-0.39, 0.29) is 46.2 Å². The summed E-state index contributed by atoms with van der Waals surface area (Å²) in [6.07, 6.45) is 1.56. The SMILES string of the molecule is CC1CN(C(=O)c2ccc(Cl)c(S(=O)(=O)NCC3CCCO3)c2)C(C)CO1. The summed E-state index contributed by atoms with van der Waals surface area (Å²) >= 11 is 6.12. The summed E-state index contributed by atoms with van der Waals surface area (Å²) in [4.78, 5) is 14.5. The van der Waals surface area contributed by atoms with E-state index in [0.29, 0.717) is 19.8 Å². The summed E-state index contributed by atoms with van der Waals surface area (Å²) in [7, 11) is -3.85. The Balaban J connectivity index is 1.79. The first-order valence-corrected chi connectivity index (χ1v) is 11.0. The second-order valence-electron chi connectivity index (χ2n) is 7.08. The average molecular weight is 417 g/mol. The molecule has 1 N–H and O–H groups in total. The second kappa shape index (κ2) is 8.45. The highest BCUT2D eigenvalue weighted by Gasteiger charge is 2.30. The lowest BCUT2D eigenvalue weighted by Gasteiger charge is -2.36. The van der Waals surface area contributed by atoms with Crippen molar-refractivity contribution in [2.24, 2.45) is 0 Å². The van der Waals surface area contributed by atoms with Crippen LogP contribution in [0.15, 0.2) is 23.1 Å². The lowest BCUT2D eigenvalue weighted by atomic mass is 10.1. The number of carbonyl (C=O) groups is 1. The molecule has 0 saturated carbocycles. The van der Waals surface area contributed by atoms with Gasteiger partial charge in [-0.25, -0.2) is 13.1 Å². The Kier molecular flexibility index (Phi) is 6.43. The molecule has 7 nitrogen and oxygen atoms in total. The van der Waals surface area contributed by atoms with E-state index in [9.17, 15) is 13.2 Å². The van der Waals surface area contributed by atoms with Crippen molar-refractivity contribution in [1.82, 2.24) is 9.62 Å². The molecule has 2 fully saturated rings. The molecule has 1 amide bonds. The largest absolute Gasteiger partial charge is 0.377 e. The van der Waals surface area contributed by atoms with Gasteiger partial charge in [-0.3, -0.25) is 4.79 Å². The Morgan fingerprint density at radius 2 is 2.11 bits per heavy atom. The molecule has 150 valence electrons. The molecule has 9 heteroatoms. The van der Waals surface area contributed by atoms with Crippen molar-refractivity contribution in [3.05, 3.63) is 28.8 Å². The lowest BCUT2D eigenvalue weighted by Crippen LogP contribution is -2.50. The van der Waals surface area contributed by atoms with Crippen molar-refractivity contribution in [3.63, 3.8) is 0 Å². The van der Waals surface area contributed by atoms with Crippen LogP contribution < -0.4 is 4.72 Å². The van der Waals surface area contributed by atoms with Crippen LogP contribution in [0.5, 0.6) is 0 Å². The first-order chi connectivity index (χ1) is 12.8. The monoisotopic (exact) mass is 416 g/mol.